The van der Waals surface area contributed by atoms with Gasteiger partial charge in [-0.1, -0.05) is 0 Å². The molecule has 0 radical (unpaired) electrons. The zero-order valence-corrected chi connectivity index (χ0v) is 7.47. The summed E-state index contributed by atoms with van der Waals surface area (Å²) in [6.45, 7) is -1.07. The molecule has 0 atom stereocenters. The van der Waals surface area contributed by atoms with Crippen LogP contribution < -0.4 is 5.73 Å². The molecule has 1 saturated carbocycles. The van der Waals surface area contributed by atoms with Gasteiger partial charge in [0.1, 0.15) is 5.54 Å². The van der Waals surface area contributed by atoms with Crippen molar-refractivity contribution >= 4 is 11.9 Å². The monoisotopic (exact) mass is 227 g/mol. The molecule has 0 amide bonds. The predicted molar refractivity (Wildman–Crippen MR) is 39.3 cm³/mol. The number of esters is 2. The van der Waals surface area contributed by atoms with Crippen LogP contribution in [0, 0.1) is 0 Å². The van der Waals surface area contributed by atoms with Gasteiger partial charge >= 0.3 is 18.1 Å². The number of rotatable bonds is 3. The fourth-order valence-electron chi connectivity index (χ4n) is 0.701. The summed E-state index contributed by atoms with van der Waals surface area (Å²) in [5.41, 5.74) is 4.25. The minimum Gasteiger partial charge on any atom is -0.426 e. The van der Waals surface area contributed by atoms with Crippen molar-refractivity contribution in [2.45, 2.75) is 24.6 Å². The highest BCUT2D eigenvalue weighted by molar-refractivity contribution is 5.84. The van der Waals surface area contributed by atoms with Crippen molar-refractivity contribution in [1.29, 1.82) is 0 Å². The largest absolute Gasteiger partial charge is 0.491 e. The first-order chi connectivity index (χ1) is 6.76. The molecule has 15 heavy (non-hydrogen) atoms. The molecule has 0 spiro atoms. The van der Waals surface area contributed by atoms with Gasteiger partial charge in [0.15, 0.2) is 0 Å². The molecule has 0 aromatic heterocycles. The van der Waals surface area contributed by atoms with Gasteiger partial charge in [0, 0.05) is 0 Å². The molecule has 2 N–H and O–H groups in total. The third-order valence-corrected chi connectivity index (χ3v) is 1.81. The molecular weight excluding hydrogens is 219 g/mol. The number of ether oxygens (including phenoxy) is 2. The number of hydrogen-bond acceptors (Lipinski definition) is 5. The van der Waals surface area contributed by atoms with Gasteiger partial charge < -0.3 is 15.2 Å². The van der Waals surface area contributed by atoms with Crippen molar-refractivity contribution in [3.05, 3.63) is 0 Å². The highest BCUT2D eigenvalue weighted by Crippen LogP contribution is 2.33. The van der Waals surface area contributed by atoms with E-state index in [2.05, 4.69) is 9.47 Å². The zero-order chi connectivity index (χ0) is 11.7. The van der Waals surface area contributed by atoms with E-state index in [-0.39, 0.29) is 0 Å². The Morgan fingerprint density at radius 2 is 1.80 bits per heavy atom. The molecule has 0 heterocycles. The van der Waals surface area contributed by atoms with E-state index in [9.17, 15) is 22.8 Å². The van der Waals surface area contributed by atoms with Crippen LogP contribution >= 0.6 is 0 Å². The van der Waals surface area contributed by atoms with Gasteiger partial charge in [0.05, 0.1) is 0 Å². The molecule has 0 aliphatic heterocycles. The Morgan fingerprint density at radius 3 is 2.20 bits per heavy atom. The number of hydrogen-bond donors (Lipinski definition) is 1. The standard InChI is InChI=1S/C7H8F3NO4/c8-7(9,10)5(13)15-3-14-4(12)6(11)1-2-6/h1-3,11H2. The van der Waals surface area contributed by atoms with E-state index in [0.717, 1.165) is 0 Å². The third-order valence-electron chi connectivity index (χ3n) is 1.81. The van der Waals surface area contributed by atoms with Crippen LogP contribution in [0.5, 0.6) is 0 Å². The maximum Gasteiger partial charge on any atom is 0.491 e. The summed E-state index contributed by atoms with van der Waals surface area (Å²) in [4.78, 5) is 21.1. The molecule has 0 saturated heterocycles. The number of carbonyl (C=O) groups is 2. The lowest BCUT2D eigenvalue weighted by Crippen LogP contribution is -2.36. The summed E-state index contributed by atoms with van der Waals surface area (Å²) in [5, 5.41) is 0. The summed E-state index contributed by atoms with van der Waals surface area (Å²) in [6.07, 6.45) is -4.26. The van der Waals surface area contributed by atoms with Crippen molar-refractivity contribution in [1.82, 2.24) is 0 Å². The Balaban J connectivity index is 2.22. The molecule has 0 aromatic carbocycles. The number of carbonyl (C=O) groups excluding carboxylic acids is 2. The lowest BCUT2D eigenvalue weighted by molar-refractivity contribution is -0.210. The molecule has 1 rings (SSSR count). The van der Waals surface area contributed by atoms with Crippen LogP contribution in [-0.4, -0.2) is 30.4 Å². The van der Waals surface area contributed by atoms with E-state index < -0.39 is 30.4 Å². The van der Waals surface area contributed by atoms with E-state index in [1.165, 1.54) is 0 Å². The first-order valence-electron chi connectivity index (χ1n) is 3.96. The smallest absolute Gasteiger partial charge is 0.426 e. The first-order valence-corrected chi connectivity index (χ1v) is 3.96. The topological polar surface area (TPSA) is 78.6 Å². The quantitative estimate of drug-likeness (QED) is 0.545. The minimum atomic E-state index is -5.09. The van der Waals surface area contributed by atoms with Gasteiger partial charge in [-0.15, -0.1) is 0 Å². The Hall–Kier alpha value is -1.31. The van der Waals surface area contributed by atoms with Crippen LogP contribution in [0.4, 0.5) is 13.2 Å². The molecule has 1 aliphatic carbocycles. The molecule has 1 fully saturated rings. The van der Waals surface area contributed by atoms with Crippen molar-refractivity contribution in [2.24, 2.45) is 5.73 Å². The van der Waals surface area contributed by atoms with Gasteiger partial charge in [-0.25, -0.2) is 9.59 Å². The summed E-state index contributed by atoms with van der Waals surface area (Å²) < 4.78 is 42.6. The second-order valence-electron chi connectivity index (χ2n) is 3.14. The summed E-state index contributed by atoms with van der Waals surface area (Å²) in [6, 6.07) is 0. The van der Waals surface area contributed by atoms with Crippen molar-refractivity contribution in [3.63, 3.8) is 0 Å². The maximum absolute atomic E-state index is 11.6. The lowest BCUT2D eigenvalue weighted by Gasteiger charge is -2.10. The van der Waals surface area contributed by atoms with E-state index in [4.69, 9.17) is 5.73 Å². The molecule has 0 bridgehead atoms. The van der Waals surface area contributed by atoms with Gasteiger partial charge in [0.25, 0.3) is 0 Å². The number of alkyl halides is 3. The van der Waals surface area contributed by atoms with E-state index in [0.29, 0.717) is 12.8 Å². The Bertz CT molecular complexity index is 267. The molecular formula is C7H8F3NO4. The normalized spacial score (nSPS) is 18.1. The maximum atomic E-state index is 11.6. The number of halogens is 3. The molecule has 0 aromatic rings. The molecule has 86 valence electrons. The van der Waals surface area contributed by atoms with Crippen LogP contribution in [0.25, 0.3) is 0 Å². The SMILES string of the molecule is NC1(C(=O)OCOC(=O)C(F)(F)F)CC1. The van der Waals surface area contributed by atoms with Crippen LogP contribution in [0.1, 0.15) is 12.8 Å². The van der Waals surface area contributed by atoms with Gasteiger partial charge in [-0.3, -0.25) is 0 Å². The highest BCUT2D eigenvalue weighted by Gasteiger charge is 2.48. The highest BCUT2D eigenvalue weighted by atomic mass is 19.4. The first kappa shape index (κ1) is 11.8. The summed E-state index contributed by atoms with van der Waals surface area (Å²) >= 11 is 0. The van der Waals surface area contributed by atoms with Crippen LogP contribution in [-0.2, 0) is 19.1 Å². The van der Waals surface area contributed by atoms with Gasteiger partial charge in [0.2, 0.25) is 6.79 Å². The Kier molecular flexibility index (Phi) is 2.89. The lowest BCUT2D eigenvalue weighted by atomic mass is 10.3. The van der Waals surface area contributed by atoms with E-state index in [1.807, 2.05) is 0 Å². The van der Waals surface area contributed by atoms with Crippen molar-refractivity contribution < 1.29 is 32.2 Å². The number of nitrogens with two attached hydrogens (primary N) is 1. The van der Waals surface area contributed by atoms with Gasteiger partial charge in [-0.2, -0.15) is 13.2 Å². The average molecular weight is 227 g/mol. The van der Waals surface area contributed by atoms with Gasteiger partial charge in [-0.05, 0) is 12.8 Å². The Morgan fingerprint density at radius 1 is 1.27 bits per heavy atom. The van der Waals surface area contributed by atoms with E-state index >= 15 is 0 Å². The van der Waals surface area contributed by atoms with Crippen molar-refractivity contribution in [3.8, 4) is 0 Å². The average Bonchev–Trinajstić information content (AvgIpc) is 2.83. The summed E-state index contributed by atoms with van der Waals surface area (Å²) in [7, 11) is 0. The molecule has 5 nitrogen and oxygen atoms in total. The second-order valence-corrected chi connectivity index (χ2v) is 3.14. The Labute approximate surface area is 82.3 Å². The summed E-state index contributed by atoms with van der Waals surface area (Å²) in [5.74, 6) is -3.27. The molecule has 1 aliphatic rings. The van der Waals surface area contributed by atoms with E-state index in [1.54, 1.807) is 0 Å². The predicted octanol–water partition coefficient (Wildman–Crippen LogP) is 0.0839. The zero-order valence-electron chi connectivity index (χ0n) is 7.47. The second kappa shape index (κ2) is 3.69. The minimum absolute atomic E-state index is 0.416. The fourth-order valence-corrected chi connectivity index (χ4v) is 0.701. The van der Waals surface area contributed by atoms with Crippen LogP contribution in [0.3, 0.4) is 0 Å². The van der Waals surface area contributed by atoms with Crippen LogP contribution in [0.15, 0.2) is 0 Å². The fraction of sp³-hybridized carbons (Fsp3) is 0.714. The van der Waals surface area contributed by atoms with Crippen LogP contribution in [0.2, 0.25) is 0 Å². The molecule has 8 heteroatoms. The third kappa shape index (κ3) is 3.08. The van der Waals surface area contributed by atoms with Crippen molar-refractivity contribution in [2.75, 3.05) is 6.79 Å². The molecule has 0 unspecified atom stereocenters.